The maximum Gasteiger partial charge on any atom is 0.411 e. The molecule has 2 amide bonds. The number of anilines is 2. The lowest BCUT2D eigenvalue weighted by Crippen LogP contribution is -2.17. The molecule has 2 N–H and O–H groups in total. The molecule has 0 heterocycles. The zero-order valence-electron chi connectivity index (χ0n) is 26.0. The summed E-state index contributed by atoms with van der Waals surface area (Å²) in [6.45, 7) is 5.52. The Morgan fingerprint density at radius 2 is 1.11 bits per heavy atom. The highest BCUT2D eigenvalue weighted by atomic mass is 16.6. The lowest BCUT2D eigenvalue weighted by atomic mass is 10.0. The second-order valence-electron chi connectivity index (χ2n) is 10.4. The van der Waals surface area contributed by atoms with Crippen LogP contribution in [0.3, 0.4) is 0 Å². The lowest BCUT2D eigenvalue weighted by Gasteiger charge is -2.10. The van der Waals surface area contributed by atoms with Gasteiger partial charge in [0.05, 0.1) is 13.2 Å². The van der Waals surface area contributed by atoms with E-state index in [9.17, 15) is 19.2 Å². The van der Waals surface area contributed by atoms with Gasteiger partial charge in [0.25, 0.3) is 0 Å². The Labute approximate surface area is 273 Å². The van der Waals surface area contributed by atoms with E-state index in [-0.39, 0.29) is 32.2 Å². The van der Waals surface area contributed by atoms with E-state index in [2.05, 4.69) is 17.2 Å². The molecule has 0 saturated carbocycles. The van der Waals surface area contributed by atoms with Crippen LogP contribution in [-0.4, -0.2) is 50.4 Å². The highest BCUT2D eigenvalue weighted by molar-refractivity contribution is 6.09. The first-order valence-corrected chi connectivity index (χ1v) is 15.0. The largest absolute Gasteiger partial charge is 0.490 e. The minimum atomic E-state index is -0.599. The molecule has 0 aliphatic rings. The normalized spacial score (nSPS) is 10.3. The van der Waals surface area contributed by atoms with Gasteiger partial charge in [0.2, 0.25) is 0 Å². The monoisotopic (exact) mass is 636 g/mol. The fraction of sp³-hybridized carbons (Fsp3) is 0.189. The summed E-state index contributed by atoms with van der Waals surface area (Å²) in [6.07, 6.45) is -0.163. The smallest absolute Gasteiger partial charge is 0.411 e. The van der Waals surface area contributed by atoms with Gasteiger partial charge in [-0.3, -0.25) is 15.4 Å². The fourth-order valence-electron chi connectivity index (χ4n) is 4.22. The van der Waals surface area contributed by atoms with Crippen LogP contribution in [0.25, 0.3) is 0 Å². The standard InChI is InChI=1S/C37H36N2O8/c1-26(2)35(41)45-21-6-22-46-36(42)38-31-15-9-27(10-16-31)25-28-11-17-32(18-12-28)39-37(43)47-24-23-44-33-19-13-30(14-20-33)34(40)29-7-4-3-5-8-29/h3-5,7-20H,1,6,21-25H2,2H3,(H,38,42)(H,39,43). The Hall–Kier alpha value is -5.90. The third-order valence-electron chi connectivity index (χ3n) is 6.65. The Morgan fingerprint density at radius 3 is 1.66 bits per heavy atom. The number of carbonyl (C=O) groups excluding carboxylic acids is 4. The molecule has 0 saturated heterocycles. The summed E-state index contributed by atoms with van der Waals surface area (Å²) in [4.78, 5) is 48.0. The van der Waals surface area contributed by atoms with E-state index in [1.165, 1.54) is 0 Å². The van der Waals surface area contributed by atoms with Gasteiger partial charge in [-0.25, -0.2) is 14.4 Å². The van der Waals surface area contributed by atoms with Crippen molar-refractivity contribution in [1.29, 1.82) is 0 Å². The van der Waals surface area contributed by atoms with Crippen molar-refractivity contribution in [1.82, 2.24) is 0 Å². The molecule has 0 unspecified atom stereocenters. The van der Waals surface area contributed by atoms with Crippen LogP contribution in [0.4, 0.5) is 21.0 Å². The molecule has 0 fully saturated rings. The zero-order valence-corrected chi connectivity index (χ0v) is 26.0. The number of ether oxygens (including phenoxy) is 4. The third kappa shape index (κ3) is 11.5. The molecule has 0 aromatic heterocycles. The second kappa shape index (κ2) is 17.6. The Balaban J connectivity index is 1.11. The molecule has 4 rings (SSSR count). The van der Waals surface area contributed by atoms with Gasteiger partial charge in [0.15, 0.2) is 5.78 Å². The van der Waals surface area contributed by atoms with Crippen molar-refractivity contribution >= 4 is 35.3 Å². The van der Waals surface area contributed by atoms with Crippen LogP contribution in [0.15, 0.2) is 115 Å². The molecule has 242 valence electrons. The maximum atomic E-state index is 12.5. The molecule has 4 aromatic carbocycles. The SMILES string of the molecule is C=C(C)C(=O)OCCCOC(=O)Nc1ccc(Cc2ccc(NC(=O)OCCOc3ccc(C(=O)c4ccccc4)cc3)cc2)cc1. The van der Waals surface area contributed by atoms with E-state index in [1.54, 1.807) is 67.6 Å². The van der Waals surface area contributed by atoms with Crippen molar-refractivity contribution in [2.45, 2.75) is 19.8 Å². The summed E-state index contributed by atoms with van der Waals surface area (Å²) in [6, 6.07) is 30.6. The summed E-state index contributed by atoms with van der Waals surface area (Å²) < 4.78 is 20.9. The van der Waals surface area contributed by atoms with Crippen LogP contribution in [0.1, 0.15) is 40.4 Å². The fourth-order valence-corrected chi connectivity index (χ4v) is 4.22. The molecule has 47 heavy (non-hydrogen) atoms. The molecule has 10 nitrogen and oxygen atoms in total. The average Bonchev–Trinajstić information content (AvgIpc) is 3.08. The topological polar surface area (TPSA) is 129 Å². The van der Waals surface area contributed by atoms with Crippen LogP contribution in [0, 0.1) is 0 Å². The first-order valence-electron chi connectivity index (χ1n) is 15.0. The van der Waals surface area contributed by atoms with Crippen molar-refractivity contribution in [3.8, 4) is 5.75 Å². The maximum absolute atomic E-state index is 12.5. The number of carbonyl (C=O) groups is 4. The highest BCUT2D eigenvalue weighted by Crippen LogP contribution is 2.18. The van der Waals surface area contributed by atoms with Gasteiger partial charge in [0.1, 0.15) is 19.0 Å². The van der Waals surface area contributed by atoms with Crippen LogP contribution in [-0.2, 0) is 25.4 Å². The van der Waals surface area contributed by atoms with Gasteiger partial charge in [-0.1, -0.05) is 61.2 Å². The van der Waals surface area contributed by atoms with E-state index in [0.717, 1.165) is 11.1 Å². The first-order chi connectivity index (χ1) is 22.8. The van der Waals surface area contributed by atoms with Gasteiger partial charge in [-0.2, -0.15) is 0 Å². The first kappa shape index (κ1) is 34.0. The van der Waals surface area contributed by atoms with Crippen LogP contribution in [0.2, 0.25) is 0 Å². The Kier molecular flexibility index (Phi) is 12.7. The molecule has 0 spiro atoms. The summed E-state index contributed by atoms with van der Waals surface area (Å²) in [5.74, 6) is 0.0269. The highest BCUT2D eigenvalue weighted by Gasteiger charge is 2.10. The number of benzene rings is 4. The van der Waals surface area contributed by atoms with E-state index in [1.807, 2.05) is 42.5 Å². The average molecular weight is 637 g/mol. The van der Waals surface area contributed by atoms with Gasteiger partial charge in [-0.15, -0.1) is 0 Å². The number of hydrogen-bond acceptors (Lipinski definition) is 8. The van der Waals surface area contributed by atoms with E-state index in [0.29, 0.717) is 46.7 Å². The molecule has 0 aliphatic carbocycles. The van der Waals surface area contributed by atoms with Crippen molar-refractivity contribution in [3.63, 3.8) is 0 Å². The molecule has 0 radical (unpaired) electrons. The molecular weight excluding hydrogens is 600 g/mol. The molecule has 0 aliphatic heterocycles. The summed E-state index contributed by atoms with van der Waals surface area (Å²) in [7, 11) is 0. The molecule has 0 bridgehead atoms. The Bertz CT molecular complexity index is 1650. The van der Waals surface area contributed by atoms with Gasteiger partial charge < -0.3 is 18.9 Å². The number of esters is 1. The lowest BCUT2D eigenvalue weighted by molar-refractivity contribution is -0.139. The minimum absolute atomic E-state index is 0.0458. The molecule has 0 atom stereocenters. The number of nitrogens with one attached hydrogen (secondary N) is 2. The summed E-state index contributed by atoms with van der Waals surface area (Å²) in [5, 5.41) is 5.35. The van der Waals surface area contributed by atoms with Gasteiger partial charge in [-0.05, 0) is 73.0 Å². The minimum Gasteiger partial charge on any atom is -0.490 e. The predicted molar refractivity (Wildman–Crippen MR) is 178 cm³/mol. The van der Waals surface area contributed by atoms with Gasteiger partial charge in [0, 0.05) is 34.5 Å². The quantitative estimate of drug-likeness (QED) is 0.0461. The van der Waals surface area contributed by atoms with E-state index >= 15 is 0 Å². The van der Waals surface area contributed by atoms with Crippen LogP contribution < -0.4 is 15.4 Å². The molecule has 10 heteroatoms. The zero-order chi connectivity index (χ0) is 33.4. The number of amides is 2. The molecular formula is C37H36N2O8. The van der Waals surface area contributed by atoms with Crippen molar-refractivity contribution in [2.24, 2.45) is 0 Å². The molecule has 4 aromatic rings. The van der Waals surface area contributed by atoms with Crippen LogP contribution >= 0.6 is 0 Å². The predicted octanol–water partition coefficient (Wildman–Crippen LogP) is 7.19. The summed E-state index contributed by atoms with van der Waals surface area (Å²) in [5.41, 5.74) is 4.73. The van der Waals surface area contributed by atoms with Gasteiger partial charge >= 0.3 is 18.2 Å². The number of ketones is 1. The van der Waals surface area contributed by atoms with E-state index < -0.39 is 18.2 Å². The second-order valence-corrected chi connectivity index (χ2v) is 10.4. The number of hydrogen-bond donors (Lipinski definition) is 2. The van der Waals surface area contributed by atoms with Crippen LogP contribution in [0.5, 0.6) is 5.75 Å². The summed E-state index contributed by atoms with van der Waals surface area (Å²) >= 11 is 0. The van der Waals surface area contributed by atoms with Crippen molar-refractivity contribution < 1.29 is 38.1 Å². The van der Waals surface area contributed by atoms with Crippen molar-refractivity contribution in [3.05, 3.63) is 138 Å². The van der Waals surface area contributed by atoms with Crippen molar-refractivity contribution in [2.75, 3.05) is 37.1 Å². The Morgan fingerprint density at radius 1 is 0.596 bits per heavy atom. The van der Waals surface area contributed by atoms with E-state index in [4.69, 9.17) is 18.9 Å². The third-order valence-corrected chi connectivity index (χ3v) is 6.65. The number of rotatable bonds is 15.